The number of nitrogens with two attached hydrogens (primary N) is 1. The third kappa shape index (κ3) is 4.61. The van der Waals surface area contributed by atoms with Crippen molar-refractivity contribution in [3.05, 3.63) is 47.4 Å². The van der Waals surface area contributed by atoms with Crippen molar-refractivity contribution in [2.45, 2.75) is 63.6 Å². The van der Waals surface area contributed by atoms with E-state index in [1.54, 1.807) is 16.9 Å². The predicted octanol–water partition coefficient (Wildman–Crippen LogP) is 2.90. The molecule has 1 aromatic carbocycles. The molecule has 2 amide bonds. The van der Waals surface area contributed by atoms with Gasteiger partial charge in [-0.3, -0.25) is 14.5 Å². The minimum absolute atomic E-state index is 0.133. The molecular weight excluding hydrogens is 472 g/mol. The van der Waals surface area contributed by atoms with Crippen LogP contribution in [0.1, 0.15) is 67.1 Å². The van der Waals surface area contributed by atoms with Crippen LogP contribution in [0.25, 0.3) is 5.65 Å². The lowest BCUT2D eigenvalue weighted by molar-refractivity contribution is -0.118. The highest BCUT2D eigenvalue weighted by Crippen LogP contribution is 2.42. The maximum atomic E-state index is 13.5. The zero-order chi connectivity index (χ0) is 25.7. The van der Waals surface area contributed by atoms with E-state index in [4.69, 9.17) is 15.2 Å². The van der Waals surface area contributed by atoms with Gasteiger partial charge in [0.2, 0.25) is 5.91 Å². The van der Waals surface area contributed by atoms with E-state index in [9.17, 15) is 9.59 Å². The number of carbonyl (C=O) groups is 2. The molecule has 37 heavy (non-hydrogen) atoms. The number of hydrogen-bond acceptors (Lipinski definition) is 7. The number of hydrogen-bond donors (Lipinski definition) is 2. The topological polar surface area (TPSA) is 124 Å². The van der Waals surface area contributed by atoms with E-state index in [0.29, 0.717) is 35.1 Å². The van der Waals surface area contributed by atoms with Crippen molar-refractivity contribution in [3.8, 4) is 11.5 Å². The third-order valence-electron chi connectivity index (χ3n) is 7.51. The number of benzene rings is 1. The number of primary amides is 1. The van der Waals surface area contributed by atoms with Gasteiger partial charge in [-0.1, -0.05) is 6.42 Å². The van der Waals surface area contributed by atoms with Crippen LogP contribution in [-0.4, -0.2) is 62.7 Å². The summed E-state index contributed by atoms with van der Waals surface area (Å²) in [7, 11) is 0. The highest BCUT2D eigenvalue weighted by Gasteiger charge is 2.33. The first kappa shape index (κ1) is 23.7. The van der Waals surface area contributed by atoms with E-state index in [1.807, 2.05) is 36.9 Å². The molecule has 1 saturated heterocycles. The maximum Gasteiger partial charge on any atom is 0.261 e. The lowest BCUT2D eigenvalue weighted by atomic mass is 9.83. The van der Waals surface area contributed by atoms with Crippen LogP contribution >= 0.6 is 0 Å². The van der Waals surface area contributed by atoms with Gasteiger partial charge in [-0.2, -0.15) is 5.10 Å². The van der Waals surface area contributed by atoms with E-state index in [2.05, 4.69) is 15.4 Å². The highest BCUT2D eigenvalue weighted by molar-refractivity contribution is 6.08. The standard InChI is InChI=1S/C27H32N6O4/c1-27(2)12-17-10-20(23(11-22(17)37-27)36-18-7-9-32(14-18)15-24(28)34)31-26(35)19-13-30-33-21(16-4-3-5-16)6-8-29-25(19)33/h6,8,10-11,13,16,18H,3-5,7,9,12,14-15H2,1-2H3,(H2,28,34)(H,31,35)/t18-/m1/s1. The van der Waals surface area contributed by atoms with Gasteiger partial charge < -0.3 is 20.5 Å². The van der Waals surface area contributed by atoms with Crippen LogP contribution in [0, 0.1) is 0 Å². The van der Waals surface area contributed by atoms with Crippen molar-refractivity contribution in [2.75, 3.05) is 25.0 Å². The van der Waals surface area contributed by atoms with Crippen molar-refractivity contribution in [1.82, 2.24) is 19.5 Å². The molecule has 0 bridgehead atoms. The molecular formula is C27H32N6O4. The Morgan fingerprint density at radius 2 is 2.11 bits per heavy atom. The Morgan fingerprint density at radius 3 is 2.86 bits per heavy atom. The van der Waals surface area contributed by atoms with Crippen LogP contribution in [0.15, 0.2) is 30.6 Å². The smallest absolute Gasteiger partial charge is 0.261 e. The van der Waals surface area contributed by atoms with Crippen LogP contribution in [0.4, 0.5) is 5.69 Å². The fraction of sp³-hybridized carbons (Fsp3) is 0.481. The number of likely N-dealkylation sites (tertiary alicyclic amines) is 1. The van der Waals surface area contributed by atoms with Gasteiger partial charge in [-0.15, -0.1) is 0 Å². The summed E-state index contributed by atoms with van der Waals surface area (Å²) in [5.74, 6) is 1.10. The number of nitrogens with zero attached hydrogens (tertiary/aromatic N) is 4. The summed E-state index contributed by atoms with van der Waals surface area (Å²) in [6.07, 6.45) is 8.16. The quantitative estimate of drug-likeness (QED) is 0.507. The van der Waals surface area contributed by atoms with Crippen LogP contribution in [0.2, 0.25) is 0 Å². The van der Waals surface area contributed by atoms with Crippen molar-refractivity contribution in [3.63, 3.8) is 0 Å². The number of anilines is 1. The van der Waals surface area contributed by atoms with E-state index in [-0.39, 0.29) is 30.1 Å². The summed E-state index contributed by atoms with van der Waals surface area (Å²) in [5.41, 5.74) is 8.68. The second kappa shape index (κ2) is 9.02. The molecule has 2 aromatic heterocycles. The summed E-state index contributed by atoms with van der Waals surface area (Å²) >= 11 is 0. The minimum Gasteiger partial charge on any atom is -0.487 e. The normalized spacial score (nSPS) is 20.9. The molecule has 4 heterocycles. The molecule has 3 aliphatic rings. The van der Waals surface area contributed by atoms with Crippen LogP contribution in [0.3, 0.4) is 0 Å². The number of rotatable bonds is 7. The molecule has 2 fully saturated rings. The molecule has 1 aliphatic carbocycles. The molecule has 3 aromatic rings. The second-order valence-corrected chi connectivity index (χ2v) is 11.0. The first-order valence-electron chi connectivity index (χ1n) is 12.9. The fourth-order valence-electron chi connectivity index (χ4n) is 5.54. The van der Waals surface area contributed by atoms with Gasteiger partial charge in [0.15, 0.2) is 5.65 Å². The fourth-order valence-corrected chi connectivity index (χ4v) is 5.54. The van der Waals surface area contributed by atoms with E-state index in [0.717, 1.165) is 49.2 Å². The summed E-state index contributed by atoms with van der Waals surface area (Å²) in [4.78, 5) is 31.3. The van der Waals surface area contributed by atoms with Crippen molar-refractivity contribution in [1.29, 1.82) is 0 Å². The van der Waals surface area contributed by atoms with Crippen LogP contribution in [0.5, 0.6) is 11.5 Å². The van der Waals surface area contributed by atoms with Crippen molar-refractivity contribution in [2.24, 2.45) is 5.73 Å². The van der Waals surface area contributed by atoms with E-state index in [1.165, 1.54) is 6.42 Å². The minimum atomic E-state index is -0.357. The molecule has 10 nitrogen and oxygen atoms in total. The number of carbonyl (C=O) groups excluding carboxylic acids is 2. The molecule has 0 unspecified atom stereocenters. The van der Waals surface area contributed by atoms with Gasteiger partial charge in [-0.05, 0) is 45.2 Å². The van der Waals surface area contributed by atoms with Crippen molar-refractivity contribution < 1.29 is 19.1 Å². The van der Waals surface area contributed by atoms with Gasteiger partial charge in [0.05, 0.1) is 18.4 Å². The first-order chi connectivity index (χ1) is 17.8. The first-order valence-corrected chi connectivity index (χ1v) is 12.9. The van der Waals surface area contributed by atoms with E-state index < -0.39 is 0 Å². The average molecular weight is 505 g/mol. The lowest BCUT2D eigenvalue weighted by Crippen LogP contribution is -2.33. The van der Waals surface area contributed by atoms with Gasteiger partial charge in [0, 0.05) is 48.9 Å². The number of fused-ring (bicyclic) bond motifs is 2. The molecule has 3 N–H and O–H groups in total. The molecule has 0 radical (unpaired) electrons. The van der Waals surface area contributed by atoms with Crippen LogP contribution < -0.4 is 20.5 Å². The van der Waals surface area contributed by atoms with Crippen LogP contribution in [-0.2, 0) is 11.2 Å². The number of amides is 2. The summed E-state index contributed by atoms with van der Waals surface area (Å²) < 4.78 is 14.3. The number of ether oxygens (including phenoxy) is 2. The average Bonchev–Trinajstić information content (AvgIpc) is 3.48. The Kier molecular flexibility index (Phi) is 5.78. The SMILES string of the molecule is CC1(C)Cc2cc(NC(=O)c3cnn4c(C5CCC5)ccnc34)c(O[C@@H]3CCN(CC(N)=O)C3)cc2O1. The summed E-state index contributed by atoms with van der Waals surface area (Å²) in [6, 6.07) is 5.79. The highest BCUT2D eigenvalue weighted by atomic mass is 16.5. The van der Waals surface area contributed by atoms with Gasteiger partial charge >= 0.3 is 0 Å². The molecule has 10 heteroatoms. The van der Waals surface area contributed by atoms with Crippen molar-refractivity contribution >= 4 is 23.1 Å². The Balaban J connectivity index is 1.28. The zero-order valence-corrected chi connectivity index (χ0v) is 21.2. The van der Waals surface area contributed by atoms with Gasteiger partial charge in [-0.25, -0.2) is 9.50 Å². The Bertz CT molecular complexity index is 1380. The van der Waals surface area contributed by atoms with Gasteiger partial charge in [0.25, 0.3) is 5.91 Å². The molecule has 2 aliphatic heterocycles. The molecule has 1 atom stereocenters. The predicted molar refractivity (Wildman–Crippen MR) is 137 cm³/mol. The molecule has 6 rings (SSSR count). The Morgan fingerprint density at radius 1 is 1.27 bits per heavy atom. The molecule has 0 spiro atoms. The second-order valence-electron chi connectivity index (χ2n) is 11.0. The Hall–Kier alpha value is -3.66. The lowest BCUT2D eigenvalue weighted by Gasteiger charge is -2.25. The Labute approximate surface area is 215 Å². The summed E-state index contributed by atoms with van der Waals surface area (Å²) in [5, 5.41) is 7.55. The molecule has 194 valence electrons. The maximum absolute atomic E-state index is 13.5. The number of aromatic nitrogens is 3. The number of nitrogens with one attached hydrogen (secondary N) is 1. The largest absolute Gasteiger partial charge is 0.487 e. The monoisotopic (exact) mass is 504 g/mol. The molecule has 1 saturated carbocycles. The summed E-state index contributed by atoms with van der Waals surface area (Å²) in [6.45, 7) is 5.59. The van der Waals surface area contributed by atoms with E-state index >= 15 is 0 Å². The zero-order valence-electron chi connectivity index (χ0n) is 21.2. The third-order valence-corrected chi connectivity index (χ3v) is 7.51. The van der Waals surface area contributed by atoms with Gasteiger partial charge in [0.1, 0.15) is 28.8 Å².